The van der Waals surface area contributed by atoms with Crippen molar-refractivity contribution in [2.75, 3.05) is 6.54 Å². The minimum atomic E-state index is 0.300. The van der Waals surface area contributed by atoms with E-state index >= 15 is 0 Å². The molecule has 1 heterocycles. The van der Waals surface area contributed by atoms with Crippen molar-refractivity contribution >= 4 is 11.0 Å². The van der Waals surface area contributed by atoms with E-state index in [4.69, 9.17) is 10.5 Å². The van der Waals surface area contributed by atoms with Gasteiger partial charge in [0.05, 0.1) is 5.52 Å². The van der Waals surface area contributed by atoms with Gasteiger partial charge in [-0.15, -0.1) is 10.2 Å². The number of rotatable bonds is 5. The van der Waals surface area contributed by atoms with Gasteiger partial charge in [-0.3, -0.25) is 0 Å². The summed E-state index contributed by atoms with van der Waals surface area (Å²) in [6.07, 6.45) is 0.873. The van der Waals surface area contributed by atoms with Gasteiger partial charge < -0.3 is 10.5 Å². The molecule has 0 bridgehead atoms. The zero-order valence-electron chi connectivity index (χ0n) is 11.6. The van der Waals surface area contributed by atoms with Crippen molar-refractivity contribution in [1.29, 1.82) is 0 Å². The Morgan fingerprint density at radius 2 is 1.67 bits per heavy atom. The molecule has 0 saturated heterocycles. The van der Waals surface area contributed by atoms with Crippen molar-refractivity contribution in [3.63, 3.8) is 0 Å². The summed E-state index contributed by atoms with van der Waals surface area (Å²) < 4.78 is 5.68. The van der Waals surface area contributed by atoms with E-state index in [1.54, 1.807) is 0 Å². The Balaban J connectivity index is 1.68. The molecular formula is C16H16N4O. The van der Waals surface area contributed by atoms with Crippen LogP contribution in [0.15, 0.2) is 48.5 Å². The highest BCUT2D eigenvalue weighted by Crippen LogP contribution is 2.14. The second-order valence-corrected chi connectivity index (χ2v) is 4.69. The predicted octanol–water partition coefficient (Wildman–Crippen LogP) is 2.10. The highest BCUT2D eigenvalue weighted by Gasteiger charge is 2.02. The van der Waals surface area contributed by atoms with Crippen LogP contribution in [-0.2, 0) is 13.0 Å². The van der Waals surface area contributed by atoms with Gasteiger partial charge in [0.2, 0.25) is 0 Å². The second-order valence-electron chi connectivity index (χ2n) is 4.69. The van der Waals surface area contributed by atoms with E-state index in [1.165, 1.54) is 5.56 Å². The lowest BCUT2D eigenvalue weighted by Crippen LogP contribution is -2.04. The molecule has 0 radical (unpaired) electrons. The molecular weight excluding hydrogens is 264 g/mol. The van der Waals surface area contributed by atoms with Crippen molar-refractivity contribution in [3.8, 4) is 5.75 Å². The summed E-state index contributed by atoms with van der Waals surface area (Å²) in [6.45, 7) is 0.949. The standard InChI is InChI=1S/C16H16N4O/c17-10-9-12-5-7-13(8-6-12)21-11-16-18-14-3-1-2-4-15(14)19-20-16/h1-8H,9-11,17H2. The van der Waals surface area contributed by atoms with Crippen LogP contribution in [0.5, 0.6) is 5.75 Å². The topological polar surface area (TPSA) is 73.9 Å². The lowest BCUT2D eigenvalue weighted by Gasteiger charge is -2.06. The third-order valence-corrected chi connectivity index (χ3v) is 3.13. The van der Waals surface area contributed by atoms with Crippen LogP contribution in [0.2, 0.25) is 0 Å². The van der Waals surface area contributed by atoms with E-state index in [2.05, 4.69) is 15.2 Å². The third kappa shape index (κ3) is 3.32. The highest BCUT2D eigenvalue weighted by molar-refractivity contribution is 5.72. The van der Waals surface area contributed by atoms with E-state index < -0.39 is 0 Å². The van der Waals surface area contributed by atoms with E-state index in [0.29, 0.717) is 19.0 Å². The number of ether oxygens (including phenoxy) is 1. The molecule has 0 atom stereocenters. The van der Waals surface area contributed by atoms with Gasteiger partial charge in [0.1, 0.15) is 17.9 Å². The van der Waals surface area contributed by atoms with E-state index in [0.717, 1.165) is 23.2 Å². The molecule has 1 aromatic heterocycles. The molecule has 21 heavy (non-hydrogen) atoms. The molecule has 5 heteroatoms. The van der Waals surface area contributed by atoms with Gasteiger partial charge in [0.25, 0.3) is 0 Å². The molecule has 0 aliphatic heterocycles. The summed E-state index contributed by atoms with van der Waals surface area (Å²) in [6, 6.07) is 15.5. The first kappa shape index (κ1) is 13.5. The van der Waals surface area contributed by atoms with Gasteiger partial charge in [0.15, 0.2) is 5.82 Å². The van der Waals surface area contributed by atoms with Crippen LogP contribution < -0.4 is 10.5 Å². The maximum Gasteiger partial charge on any atom is 0.189 e. The number of hydrogen-bond donors (Lipinski definition) is 1. The van der Waals surface area contributed by atoms with Crippen LogP contribution in [0.25, 0.3) is 11.0 Å². The molecule has 0 unspecified atom stereocenters. The molecule has 2 N–H and O–H groups in total. The first-order valence-corrected chi connectivity index (χ1v) is 6.85. The van der Waals surface area contributed by atoms with Crippen molar-refractivity contribution in [3.05, 3.63) is 59.9 Å². The normalized spacial score (nSPS) is 10.7. The fraction of sp³-hybridized carbons (Fsp3) is 0.188. The second kappa shape index (κ2) is 6.28. The molecule has 0 saturated carbocycles. The molecule has 3 rings (SSSR count). The largest absolute Gasteiger partial charge is 0.486 e. The minimum absolute atomic E-state index is 0.300. The fourth-order valence-electron chi connectivity index (χ4n) is 2.04. The number of nitrogens with two attached hydrogens (primary N) is 1. The summed E-state index contributed by atoms with van der Waals surface area (Å²) in [5.41, 5.74) is 8.33. The van der Waals surface area contributed by atoms with Crippen molar-refractivity contribution in [2.24, 2.45) is 5.73 Å². The Morgan fingerprint density at radius 3 is 2.43 bits per heavy atom. The van der Waals surface area contributed by atoms with Crippen LogP contribution in [0, 0.1) is 0 Å². The van der Waals surface area contributed by atoms with Crippen LogP contribution in [0.4, 0.5) is 0 Å². The third-order valence-electron chi connectivity index (χ3n) is 3.13. The SMILES string of the molecule is NCCc1ccc(OCc2nnc3ccccc3n2)cc1. The van der Waals surface area contributed by atoms with Crippen LogP contribution in [-0.4, -0.2) is 21.7 Å². The van der Waals surface area contributed by atoms with Gasteiger partial charge in [-0.2, -0.15) is 0 Å². The van der Waals surface area contributed by atoms with Crippen LogP contribution in [0.1, 0.15) is 11.4 Å². The van der Waals surface area contributed by atoms with Gasteiger partial charge in [0, 0.05) is 0 Å². The number of fused-ring (bicyclic) bond motifs is 1. The van der Waals surface area contributed by atoms with Gasteiger partial charge in [-0.05, 0) is 42.8 Å². The summed E-state index contributed by atoms with van der Waals surface area (Å²) in [7, 11) is 0. The minimum Gasteiger partial charge on any atom is -0.486 e. The average Bonchev–Trinajstić information content (AvgIpc) is 2.54. The van der Waals surface area contributed by atoms with Crippen LogP contribution >= 0.6 is 0 Å². The first-order valence-electron chi connectivity index (χ1n) is 6.85. The molecule has 106 valence electrons. The maximum absolute atomic E-state index is 5.68. The molecule has 0 amide bonds. The lowest BCUT2D eigenvalue weighted by atomic mass is 10.1. The van der Waals surface area contributed by atoms with Gasteiger partial charge in [-0.1, -0.05) is 24.3 Å². The van der Waals surface area contributed by atoms with Crippen molar-refractivity contribution in [2.45, 2.75) is 13.0 Å². The molecule has 0 fully saturated rings. The van der Waals surface area contributed by atoms with E-state index in [9.17, 15) is 0 Å². The number of benzene rings is 2. The predicted molar refractivity (Wildman–Crippen MR) is 80.9 cm³/mol. The van der Waals surface area contributed by atoms with Gasteiger partial charge >= 0.3 is 0 Å². The molecule has 5 nitrogen and oxygen atoms in total. The Bertz CT molecular complexity index is 728. The maximum atomic E-state index is 5.68. The average molecular weight is 280 g/mol. The van der Waals surface area contributed by atoms with Crippen molar-refractivity contribution < 1.29 is 4.74 Å². The first-order chi connectivity index (χ1) is 10.3. The Hall–Kier alpha value is -2.53. The summed E-state index contributed by atoms with van der Waals surface area (Å²) in [5, 5.41) is 8.19. The molecule has 0 aliphatic rings. The Morgan fingerprint density at radius 1 is 0.905 bits per heavy atom. The van der Waals surface area contributed by atoms with E-state index in [-0.39, 0.29) is 0 Å². The number of hydrogen-bond acceptors (Lipinski definition) is 5. The highest BCUT2D eigenvalue weighted by atomic mass is 16.5. The molecule has 0 spiro atoms. The smallest absolute Gasteiger partial charge is 0.189 e. The zero-order valence-corrected chi connectivity index (χ0v) is 11.6. The molecule has 2 aromatic carbocycles. The Kier molecular flexibility index (Phi) is 4.02. The quantitative estimate of drug-likeness (QED) is 0.774. The lowest BCUT2D eigenvalue weighted by molar-refractivity contribution is 0.294. The number of para-hydroxylation sites is 1. The summed E-state index contributed by atoms with van der Waals surface area (Å²) in [5.74, 6) is 1.35. The summed E-state index contributed by atoms with van der Waals surface area (Å²) in [4.78, 5) is 4.42. The Labute approximate surface area is 122 Å². The summed E-state index contributed by atoms with van der Waals surface area (Å²) >= 11 is 0. The number of nitrogens with zero attached hydrogens (tertiary/aromatic N) is 3. The zero-order chi connectivity index (χ0) is 14.5. The fourth-order valence-corrected chi connectivity index (χ4v) is 2.04. The molecule has 0 aliphatic carbocycles. The van der Waals surface area contributed by atoms with Gasteiger partial charge in [-0.25, -0.2) is 4.98 Å². The van der Waals surface area contributed by atoms with E-state index in [1.807, 2.05) is 48.5 Å². The monoisotopic (exact) mass is 280 g/mol. The van der Waals surface area contributed by atoms with Crippen LogP contribution in [0.3, 0.4) is 0 Å². The van der Waals surface area contributed by atoms with Crippen molar-refractivity contribution in [1.82, 2.24) is 15.2 Å². The molecule has 3 aromatic rings. The number of aromatic nitrogens is 3.